The van der Waals surface area contributed by atoms with Crippen LogP contribution in [0.4, 0.5) is 0 Å². The molecule has 1 atom stereocenters. The number of para-hydroxylation sites is 1. The maximum absolute atomic E-state index is 12.4. The maximum atomic E-state index is 12.4. The average Bonchev–Trinajstić information content (AvgIpc) is 2.67. The van der Waals surface area contributed by atoms with Gasteiger partial charge in [-0.25, -0.2) is 0 Å². The smallest absolute Gasteiger partial charge is 0.260 e. The molecule has 0 bridgehead atoms. The zero-order valence-electron chi connectivity index (χ0n) is 14.7. The largest absolute Gasteiger partial charge is 0.493 e. The van der Waals surface area contributed by atoms with Crippen LogP contribution in [0.25, 0.3) is 0 Å². The van der Waals surface area contributed by atoms with E-state index in [-0.39, 0.29) is 12.5 Å². The normalized spacial score (nSPS) is 17.2. The lowest BCUT2D eigenvalue weighted by Crippen LogP contribution is -2.43. The van der Waals surface area contributed by atoms with E-state index >= 15 is 0 Å². The van der Waals surface area contributed by atoms with Gasteiger partial charge in [0.15, 0.2) is 6.61 Å². The molecule has 1 amide bonds. The van der Waals surface area contributed by atoms with Crippen molar-refractivity contribution in [3.63, 3.8) is 0 Å². The molecule has 0 radical (unpaired) electrons. The molecule has 1 unspecified atom stereocenters. The highest BCUT2D eigenvalue weighted by atomic mass is 16.5. The maximum Gasteiger partial charge on any atom is 0.260 e. The molecule has 0 aromatic heterocycles. The van der Waals surface area contributed by atoms with E-state index in [2.05, 4.69) is 6.92 Å². The molecule has 0 aliphatic carbocycles. The third-order valence-corrected chi connectivity index (χ3v) is 4.48. The lowest BCUT2D eigenvalue weighted by molar-refractivity contribution is -0.135. The molecule has 1 aliphatic rings. The van der Waals surface area contributed by atoms with Crippen LogP contribution in [0.5, 0.6) is 11.5 Å². The van der Waals surface area contributed by atoms with Gasteiger partial charge in [-0.3, -0.25) is 4.79 Å². The van der Waals surface area contributed by atoms with Crippen molar-refractivity contribution in [2.75, 3.05) is 26.3 Å². The summed E-state index contributed by atoms with van der Waals surface area (Å²) in [5.41, 5.74) is 1.22. The summed E-state index contributed by atoms with van der Waals surface area (Å²) < 4.78 is 11.5. The van der Waals surface area contributed by atoms with Gasteiger partial charge in [-0.05, 0) is 44.0 Å². The second-order valence-corrected chi connectivity index (χ2v) is 6.57. The summed E-state index contributed by atoms with van der Waals surface area (Å²) in [6.45, 7) is 4.34. The fourth-order valence-electron chi connectivity index (χ4n) is 3.03. The Balaban J connectivity index is 1.45. The zero-order chi connectivity index (χ0) is 17.5. The third-order valence-electron chi connectivity index (χ3n) is 4.48. The second-order valence-electron chi connectivity index (χ2n) is 6.57. The average molecular weight is 339 g/mol. The molecule has 1 aliphatic heterocycles. The summed E-state index contributed by atoms with van der Waals surface area (Å²) in [5.74, 6) is 2.04. The van der Waals surface area contributed by atoms with Crippen LogP contribution in [0.15, 0.2) is 54.6 Å². The van der Waals surface area contributed by atoms with E-state index in [1.807, 2.05) is 59.5 Å². The molecule has 0 spiro atoms. The SMILES string of the molecule is Cc1ccc(OCC2CCCN(C(=O)COc3ccccc3)C2)cc1. The van der Waals surface area contributed by atoms with E-state index in [9.17, 15) is 4.79 Å². The van der Waals surface area contributed by atoms with Crippen LogP contribution in [-0.2, 0) is 4.79 Å². The van der Waals surface area contributed by atoms with Crippen molar-refractivity contribution in [1.82, 2.24) is 4.90 Å². The number of aryl methyl sites for hydroxylation is 1. The Kier molecular flexibility index (Phi) is 5.94. The fourth-order valence-corrected chi connectivity index (χ4v) is 3.03. The molecular weight excluding hydrogens is 314 g/mol. The Bertz CT molecular complexity index is 669. The third kappa shape index (κ3) is 5.24. The van der Waals surface area contributed by atoms with Crippen molar-refractivity contribution in [1.29, 1.82) is 0 Å². The molecule has 0 N–H and O–H groups in total. The Hall–Kier alpha value is -2.49. The molecule has 3 rings (SSSR count). The number of benzene rings is 2. The monoisotopic (exact) mass is 339 g/mol. The molecule has 2 aromatic rings. The van der Waals surface area contributed by atoms with Gasteiger partial charge in [0.1, 0.15) is 11.5 Å². The molecule has 4 heteroatoms. The second kappa shape index (κ2) is 8.56. The van der Waals surface area contributed by atoms with Crippen LogP contribution in [0.3, 0.4) is 0 Å². The number of piperidine rings is 1. The van der Waals surface area contributed by atoms with Crippen LogP contribution >= 0.6 is 0 Å². The van der Waals surface area contributed by atoms with Crippen molar-refractivity contribution in [3.05, 3.63) is 60.2 Å². The van der Waals surface area contributed by atoms with E-state index in [1.165, 1.54) is 5.56 Å². The first-order chi connectivity index (χ1) is 12.2. The summed E-state index contributed by atoms with van der Waals surface area (Å²) in [4.78, 5) is 14.3. The Morgan fingerprint density at radius 1 is 1.04 bits per heavy atom. The zero-order valence-corrected chi connectivity index (χ0v) is 14.7. The number of hydrogen-bond donors (Lipinski definition) is 0. The van der Waals surface area contributed by atoms with E-state index in [4.69, 9.17) is 9.47 Å². The highest BCUT2D eigenvalue weighted by Crippen LogP contribution is 2.19. The molecule has 25 heavy (non-hydrogen) atoms. The van der Waals surface area contributed by atoms with Crippen LogP contribution in [0.1, 0.15) is 18.4 Å². The minimum absolute atomic E-state index is 0.0453. The van der Waals surface area contributed by atoms with Gasteiger partial charge in [0.25, 0.3) is 5.91 Å². The predicted octanol–water partition coefficient (Wildman–Crippen LogP) is 3.69. The standard InChI is InChI=1S/C21H25NO3/c1-17-9-11-20(12-10-17)24-15-18-6-5-13-22(14-18)21(23)16-25-19-7-3-2-4-8-19/h2-4,7-12,18H,5-6,13-16H2,1H3. The lowest BCUT2D eigenvalue weighted by Gasteiger charge is -2.32. The Labute approximate surface area is 149 Å². The minimum atomic E-state index is 0.0453. The van der Waals surface area contributed by atoms with E-state index in [0.717, 1.165) is 37.4 Å². The highest BCUT2D eigenvalue weighted by molar-refractivity contribution is 5.77. The lowest BCUT2D eigenvalue weighted by atomic mass is 9.99. The topological polar surface area (TPSA) is 38.8 Å². The molecule has 1 saturated heterocycles. The predicted molar refractivity (Wildman–Crippen MR) is 97.9 cm³/mol. The number of hydrogen-bond acceptors (Lipinski definition) is 3. The highest BCUT2D eigenvalue weighted by Gasteiger charge is 2.24. The summed E-state index contributed by atoms with van der Waals surface area (Å²) >= 11 is 0. The number of carbonyl (C=O) groups excluding carboxylic acids is 1. The van der Waals surface area contributed by atoms with Gasteiger partial charge in [-0.15, -0.1) is 0 Å². The van der Waals surface area contributed by atoms with Crippen molar-refractivity contribution in [2.45, 2.75) is 19.8 Å². The van der Waals surface area contributed by atoms with Crippen LogP contribution < -0.4 is 9.47 Å². The molecule has 4 nitrogen and oxygen atoms in total. The molecule has 132 valence electrons. The Morgan fingerprint density at radius 3 is 2.52 bits per heavy atom. The Morgan fingerprint density at radius 2 is 1.76 bits per heavy atom. The van der Waals surface area contributed by atoms with Crippen LogP contribution in [0.2, 0.25) is 0 Å². The molecule has 2 aromatic carbocycles. The van der Waals surface area contributed by atoms with Gasteiger partial charge in [0.05, 0.1) is 6.61 Å². The van der Waals surface area contributed by atoms with E-state index in [0.29, 0.717) is 12.5 Å². The summed E-state index contributed by atoms with van der Waals surface area (Å²) in [6.07, 6.45) is 2.11. The van der Waals surface area contributed by atoms with Crippen molar-refractivity contribution < 1.29 is 14.3 Å². The number of likely N-dealkylation sites (tertiary alicyclic amines) is 1. The summed E-state index contributed by atoms with van der Waals surface area (Å²) in [5, 5.41) is 0. The summed E-state index contributed by atoms with van der Waals surface area (Å²) in [7, 11) is 0. The van der Waals surface area contributed by atoms with Gasteiger partial charge < -0.3 is 14.4 Å². The van der Waals surface area contributed by atoms with Gasteiger partial charge in [0, 0.05) is 19.0 Å². The van der Waals surface area contributed by atoms with Gasteiger partial charge in [-0.2, -0.15) is 0 Å². The minimum Gasteiger partial charge on any atom is -0.493 e. The van der Waals surface area contributed by atoms with Crippen molar-refractivity contribution >= 4 is 5.91 Å². The van der Waals surface area contributed by atoms with Crippen LogP contribution in [0, 0.1) is 12.8 Å². The number of ether oxygens (including phenoxy) is 2. The number of amides is 1. The molecular formula is C21H25NO3. The first kappa shape index (κ1) is 17.3. The fraction of sp³-hybridized carbons (Fsp3) is 0.381. The van der Waals surface area contributed by atoms with Gasteiger partial charge >= 0.3 is 0 Å². The van der Waals surface area contributed by atoms with Gasteiger partial charge in [0.2, 0.25) is 0 Å². The first-order valence-electron chi connectivity index (χ1n) is 8.86. The number of carbonyl (C=O) groups is 1. The van der Waals surface area contributed by atoms with Crippen molar-refractivity contribution in [3.8, 4) is 11.5 Å². The summed E-state index contributed by atoms with van der Waals surface area (Å²) in [6, 6.07) is 17.5. The number of rotatable bonds is 6. The molecule has 1 fully saturated rings. The number of nitrogens with zero attached hydrogens (tertiary/aromatic N) is 1. The van der Waals surface area contributed by atoms with Gasteiger partial charge in [-0.1, -0.05) is 35.9 Å². The molecule has 1 heterocycles. The van der Waals surface area contributed by atoms with E-state index < -0.39 is 0 Å². The van der Waals surface area contributed by atoms with Crippen molar-refractivity contribution in [2.24, 2.45) is 5.92 Å². The quantitative estimate of drug-likeness (QED) is 0.806. The van der Waals surface area contributed by atoms with E-state index in [1.54, 1.807) is 0 Å². The van der Waals surface area contributed by atoms with Crippen LogP contribution in [-0.4, -0.2) is 37.1 Å². The molecule has 0 saturated carbocycles. The first-order valence-corrected chi connectivity index (χ1v) is 8.86.